The molecule has 2 aromatic carbocycles. The van der Waals surface area contributed by atoms with Gasteiger partial charge in [0.15, 0.2) is 11.5 Å². The van der Waals surface area contributed by atoms with Gasteiger partial charge >= 0.3 is 0 Å². The van der Waals surface area contributed by atoms with E-state index in [1.807, 2.05) is 60.4 Å². The third-order valence-corrected chi connectivity index (χ3v) is 7.08. The number of pyridine rings is 1. The smallest absolute Gasteiger partial charge is 0.295 e. The monoisotopic (exact) mass is 495 g/mol. The Kier molecular flexibility index (Phi) is 7.04. The molecule has 0 spiro atoms. The number of rotatable bonds is 6. The number of nitrogens with zero attached hydrogens (tertiary/aromatic N) is 4. The van der Waals surface area contributed by atoms with E-state index < -0.39 is 0 Å². The van der Waals surface area contributed by atoms with Crippen LogP contribution >= 0.6 is 0 Å². The Morgan fingerprint density at radius 1 is 1.08 bits per heavy atom. The number of aromatic nitrogens is 3. The summed E-state index contributed by atoms with van der Waals surface area (Å²) in [5.41, 5.74) is 5.27. The van der Waals surface area contributed by atoms with E-state index in [1.165, 1.54) is 11.1 Å². The molecule has 7 heteroatoms. The highest BCUT2D eigenvalue weighted by Gasteiger charge is 2.29. The molecule has 1 atom stereocenters. The Hall–Kier alpha value is -4.00. The number of piperidine rings is 1. The molecule has 0 saturated carbocycles. The maximum Gasteiger partial charge on any atom is 0.295 e. The first-order valence-corrected chi connectivity index (χ1v) is 13.0. The lowest BCUT2D eigenvalue weighted by molar-refractivity contribution is -0.120. The SMILES string of the molecule is Cc1ccc(Cn2c(=O)c(N3CCC[C@@H](C(=O)Nc4ccc(C(C)C)cc4)C3)nc3cccnc32)cc1. The van der Waals surface area contributed by atoms with Gasteiger partial charge < -0.3 is 10.2 Å². The summed E-state index contributed by atoms with van der Waals surface area (Å²) in [4.78, 5) is 38.0. The molecule has 0 unspecified atom stereocenters. The topological polar surface area (TPSA) is 80.1 Å². The van der Waals surface area contributed by atoms with E-state index in [2.05, 4.69) is 36.3 Å². The van der Waals surface area contributed by atoms with Gasteiger partial charge in [0, 0.05) is 25.0 Å². The normalized spacial score (nSPS) is 15.8. The highest BCUT2D eigenvalue weighted by molar-refractivity contribution is 5.93. The van der Waals surface area contributed by atoms with E-state index >= 15 is 0 Å². The van der Waals surface area contributed by atoms with Crippen LogP contribution in [-0.4, -0.2) is 33.5 Å². The number of carbonyl (C=O) groups excluding carboxylic acids is 1. The number of benzene rings is 2. The quantitative estimate of drug-likeness (QED) is 0.401. The van der Waals surface area contributed by atoms with Gasteiger partial charge in [-0.1, -0.05) is 55.8 Å². The van der Waals surface area contributed by atoms with Crippen molar-refractivity contribution in [2.24, 2.45) is 5.92 Å². The molecule has 1 saturated heterocycles. The maximum absolute atomic E-state index is 13.7. The summed E-state index contributed by atoms with van der Waals surface area (Å²) in [6, 6.07) is 19.9. The fourth-order valence-corrected chi connectivity index (χ4v) is 4.87. The van der Waals surface area contributed by atoms with E-state index in [-0.39, 0.29) is 17.4 Å². The lowest BCUT2D eigenvalue weighted by Crippen LogP contribution is -2.44. The van der Waals surface area contributed by atoms with E-state index in [0.717, 1.165) is 24.1 Å². The molecule has 1 aliphatic rings. The van der Waals surface area contributed by atoms with Gasteiger partial charge in [-0.15, -0.1) is 0 Å². The van der Waals surface area contributed by atoms with Gasteiger partial charge in [0.2, 0.25) is 5.91 Å². The molecule has 0 aliphatic carbocycles. The summed E-state index contributed by atoms with van der Waals surface area (Å²) in [5, 5.41) is 3.06. The Balaban J connectivity index is 1.40. The van der Waals surface area contributed by atoms with Crippen molar-refractivity contribution >= 4 is 28.6 Å². The van der Waals surface area contributed by atoms with E-state index in [1.54, 1.807) is 10.8 Å². The summed E-state index contributed by atoms with van der Waals surface area (Å²) in [5.74, 6) is 0.571. The minimum atomic E-state index is -0.227. The van der Waals surface area contributed by atoms with Crippen LogP contribution in [0.25, 0.3) is 11.2 Å². The van der Waals surface area contributed by atoms with Gasteiger partial charge in [0.1, 0.15) is 5.52 Å². The Labute approximate surface area is 217 Å². The van der Waals surface area contributed by atoms with E-state index in [4.69, 9.17) is 4.98 Å². The largest absolute Gasteiger partial charge is 0.351 e. The molecule has 1 fully saturated rings. The van der Waals surface area contributed by atoms with Crippen LogP contribution in [0.15, 0.2) is 71.7 Å². The number of hydrogen-bond donors (Lipinski definition) is 1. The number of aryl methyl sites for hydroxylation is 1. The molecule has 7 nitrogen and oxygen atoms in total. The summed E-state index contributed by atoms with van der Waals surface area (Å²) in [6.07, 6.45) is 3.28. The van der Waals surface area contributed by atoms with E-state index in [0.29, 0.717) is 42.5 Å². The highest BCUT2D eigenvalue weighted by Crippen LogP contribution is 2.24. The Bertz CT molecular complexity index is 1460. The minimum Gasteiger partial charge on any atom is -0.351 e. The third kappa shape index (κ3) is 5.40. The number of anilines is 2. The molecular weight excluding hydrogens is 462 g/mol. The molecule has 1 amide bonds. The van der Waals surface area contributed by atoms with Gasteiger partial charge in [-0.25, -0.2) is 9.97 Å². The molecule has 0 bridgehead atoms. The average molecular weight is 496 g/mol. The van der Waals surface area contributed by atoms with Crippen molar-refractivity contribution < 1.29 is 4.79 Å². The number of hydrogen-bond acceptors (Lipinski definition) is 5. The summed E-state index contributed by atoms with van der Waals surface area (Å²) in [7, 11) is 0. The van der Waals surface area contributed by atoms with Crippen LogP contribution < -0.4 is 15.8 Å². The summed E-state index contributed by atoms with van der Waals surface area (Å²) >= 11 is 0. The third-order valence-electron chi connectivity index (χ3n) is 7.08. The fourth-order valence-electron chi connectivity index (χ4n) is 4.87. The first kappa shape index (κ1) is 24.7. The van der Waals surface area contributed by atoms with Gasteiger partial charge in [-0.2, -0.15) is 0 Å². The van der Waals surface area contributed by atoms with Crippen molar-refractivity contribution in [2.45, 2.75) is 46.1 Å². The zero-order valence-electron chi connectivity index (χ0n) is 21.6. The van der Waals surface area contributed by atoms with Crippen LogP contribution in [0, 0.1) is 12.8 Å². The maximum atomic E-state index is 13.7. The number of carbonyl (C=O) groups is 1. The summed E-state index contributed by atoms with van der Waals surface area (Å²) in [6.45, 7) is 7.89. The van der Waals surface area contributed by atoms with Crippen molar-refractivity contribution in [1.29, 1.82) is 0 Å². The van der Waals surface area contributed by atoms with Crippen molar-refractivity contribution in [3.8, 4) is 0 Å². The lowest BCUT2D eigenvalue weighted by Gasteiger charge is -2.32. The standard InChI is InChI=1S/C30H33N5O2/c1-20(2)23-12-14-25(15-13-23)32-29(36)24-6-5-17-34(19-24)28-30(37)35(18-22-10-8-21(3)9-11-22)27-26(33-28)7-4-16-31-27/h4,7-16,20,24H,5-6,17-19H2,1-3H3,(H,32,36)/t24-/m1/s1. The number of amides is 1. The van der Waals surface area contributed by atoms with Gasteiger partial charge in [-0.05, 0) is 61.1 Å². The van der Waals surface area contributed by atoms with Crippen LogP contribution in [-0.2, 0) is 11.3 Å². The van der Waals surface area contributed by atoms with Gasteiger partial charge in [-0.3, -0.25) is 14.2 Å². The first-order valence-electron chi connectivity index (χ1n) is 13.0. The first-order chi connectivity index (χ1) is 17.9. The molecule has 190 valence electrons. The second kappa shape index (κ2) is 10.5. The zero-order chi connectivity index (χ0) is 25.9. The van der Waals surface area contributed by atoms with Crippen LogP contribution in [0.4, 0.5) is 11.5 Å². The fraction of sp³-hybridized carbons (Fsp3) is 0.333. The van der Waals surface area contributed by atoms with E-state index in [9.17, 15) is 9.59 Å². The van der Waals surface area contributed by atoms with Crippen LogP contribution in [0.3, 0.4) is 0 Å². The molecule has 1 aliphatic heterocycles. The second-order valence-corrected chi connectivity index (χ2v) is 10.2. The molecule has 3 heterocycles. The molecule has 5 rings (SSSR count). The average Bonchev–Trinajstić information content (AvgIpc) is 2.91. The Morgan fingerprint density at radius 3 is 2.57 bits per heavy atom. The van der Waals surface area contributed by atoms with Crippen LogP contribution in [0.1, 0.15) is 49.3 Å². The van der Waals surface area contributed by atoms with Crippen molar-refractivity contribution in [3.63, 3.8) is 0 Å². The van der Waals surface area contributed by atoms with Crippen LogP contribution in [0.5, 0.6) is 0 Å². The van der Waals surface area contributed by atoms with Crippen molar-refractivity contribution in [2.75, 3.05) is 23.3 Å². The highest BCUT2D eigenvalue weighted by atomic mass is 16.2. The number of nitrogens with one attached hydrogen (secondary N) is 1. The second-order valence-electron chi connectivity index (χ2n) is 10.2. The molecule has 4 aromatic rings. The molecule has 2 aromatic heterocycles. The summed E-state index contributed by atoms with van der Waals surface area (Å²) < 4.78 is 1.70. The minimum absolute atomic E-state index is 0.0237. The lowest BCUT2D eigenvalue weighted by atomic mass is 9.97. The molecule has 0 radical (unpaired) electrons. The predicted octanol–water partition coefficient (Wildman–Crippen LogP) is 5.13. The molecule has 1 N–H and O–H groups in total. The van der Waals surface area contributed by atoms with Crippen molar-refractivity contribution in [1.82, 2.24) is 14.5 Å². The van der Waals surface area contributed by atoms with Crippen molar-refractivity contribution in [3.05, 3.63) is 93.9 Å². The number of fused-ring (bicyclic) bond motifs is 1. The van der Waals surface area contributed by atoms with Gasteiger partial charge in [0.05, 0.1) is 12.5 Å². The Morgan fingerprint density at radius 2 is 1.84 bits per heavy atom. The molecular formula is C30H33N5O2. The van der Waals surface area contributed by atoms with Crippen LogP contribution in [0.2, 0.25) is 0 Å². The molecule has 37 heavy (non-hydrogen) atoms. The predicted molar refractivity (Wildman–Crippen MR) is 148 cm³/mol. The zero-order valence-corrected chi connectivity index (χ0v) is 21.6. The van der Waals surface area contributed by atoms with Gasteiger partial charge in [0.25, 0.3) is 5.56 Å².